The van der Waals surface area contributed by atoms with Crippen LogP contribution in [0.15, 0.2) is 30.3 Å². The predicted octanol–water partition coefficient (Wildman–Crippen LogP) is 6.13. The highest BCUT2D eigenvalue weighted by molar-refractivity contribution is 6.22. The van der Waals surface area contributed by atoms with Crippen LogP contribution in [0.5, 0.6) is 5.75 Å². The topological polar surface area (TPSA) is 122 Å². The average Bonchev–Trinajstić information content (AvgIpc) is 3.53. The molecule has 222 valence electrons. The molecule has 0 spiro atoms. The maximum absolute atomic E-state index is 13.0. The lowest BCUT2D eigenvalue weighted by atomic mass is 9.91. The summed E-state index contributed by atoms with van der Waals surface area (Å²) in [4.78, 5) is 36.3. The highest BCUT2D eigenvalue weighted by Gasteiger charge is 2.25. The number of aromatic nitrogens is 2. The molecule has 0 fully saturated rings. The first-order chi connectivity index (χ1) is 20.3. The summed E-state index contributed by atoms with van der Waals surface area (Å²) in [5.41, 5.74) is 5.45. The number of hydrogen-bond acceptors (Lipinski definition) is 5. The Balaban J connectivity index is 1.84. The fourth-order valence-corrected chi connectivity index (χ4v) is 6.35. The number of carboxylic acids is 2. The molecule has 0 aliphatic heterocycles. The molecule has 4 N–H and O–H groups in total. The van der Waals surface area contributed by atoms with Gasteiger partial charge in [0.25, 0.3) is 0 Å². The number of nitrogens with zero attached hydrogens (tertiary/aromatic N) is 2. The van der Waals surface area contributed by atoms with Gasteiger partial charge in [-0.15, -0.1) is 0 Å². The summed E-state index contributed by atoms with van der Waals surface area (Å²) in [6, 6.07) is 9.06. The predicted molar refractivity (Wildman–Crippen MR) is 169 cm³/mol. The number of aromatic carboxylic acids is 2. The summed E-state index contributed by atoms with van der Waals surface area (Å²) >= 11 is 0. The molecule has 9 nitrogen and oxygen atoms in total. The average molecular weight is 573 g/mol. The third kappa shape index (κ3) is 5.07. The van der Waals surface area contributed by atoms with Crippen LogP contribution in [0.1, 0.15) is 59.5 Å². The van der Waals surface area contributed by atoms with Gasteiger partial charge in [-0.2, -0.15) is 0 Å². The van der Waals surface area contributed by atoms with E-state index in [9.17, 15) is 19.8 Å². The Bertz CT molecular complexity index is 1790. The molecule has 0 aliphatic carbocycles. The number of nitrogens with one attached hydrogen (secondary N) is 2. The van der Waals surface area contributed by atoms with Gasteiger partial charge in [-0.25, -0.2) is 9.59 Å². The molecule has 0 atom stereocenters. The molecular formula is C33H40N4O5. The summed E-state index contributed by atoms with van der Waals surface area (Å²) in [5, 5.41) is 23.6. The van der Waals surface area contributed by atoms with Gasteiger partial charge >= 0.3 is 11.9 Å². The minimum Gasteiger partial charge on any atom is -0.492 e. The van der Waals surface area contributed by atoms with E-state index in [1.165, 1.54) is 0 Å². The highest BCUT2D eigenvalue weighted by atomic mass is 16.5. The fourth-order valence-electron chi connectivity index (χ4n) is 6.35. The Morgan fingerprint density at radius 2 is 1.38 bits per heavy atom. The van der Waals surface area contributed by atoms with Crippen LogP contribution >= 0.6 is 0 Å². The Morgan fingerprint density at radius 3 is 1.98 bits per heavy atom. The van der Waals surface area contributed by atoms with Crippen LogP contribution < -0.4 is 4.74 Å². The zero-order valence-corrected chi connectivity index (χ0v) is 25.1. The van der Waals surface area contributed by atoms with Crippen LogP contribution in [0.4, 0.5) is 0 Å². The van der Waals surface area contributed by atoms with Crippen LogP contribution in [0.25, 0.3) is 43.6 Å². The molecule has 0 radical (unpaired) electrons. The molecule has 0 unspecified atom stereocenters. The van der Waals surface area contributed by atoms with Crippen molar-refractivity contribution in [2.75, 3.05) is 46.4 Å². The lowest BCUT2D eigenvalue weighted by molar-refractivity contribution is 0.0684. The van der Waals surface area contributed by atoms with E-state index >= 15 is 0 Å². The Kier molecular flexibility index (Phi) is 8.43. The minimum atomic E-state index is -0.992. The Morgan fingerprint density at radius 1 is 0.762 bits per heavy atom. The van der Waals surface area contributed by atoms with Gasteiger partial charge in [-0.1, -0.05) is 27.7 Å². The molecule has 2 aromatic heterocycles. The van der Waals surface area contributed by atoms with Crippen LogP contribution in [0.3, 0.4) is 0 Å². The van der Waals surface area contributed by atoms with E-state index in [-0.39, 0.29) is 5.56 Å². The molecule has 0 bridgehead atoms. The van der Waals surface area contributed by atoms with Gasteiger partial charge in [0.15, 0.2) is 5.75 Å². The molecular weight excluding hydrogens is 532 g/mol. The lowest BCUT2D eigenvalue weighted by Crippen LogP contribution is -2.27. The van der Waals surface area contributed by atoms with Crippen molar-refractivity contribution in [2.45, 2.75) is 40.5 Å². The first kappa shape index (κ1) is 29.4. The van der Waals surface area contributed by atoms with Crippen molar-refractivity contribution < 1.29 is 24.5 Å². The monoisotopic (exact) mass is 572 g/mol. The lowest BCUT2D eigenvalue weighted by Gasteiger charge is -2.22. The summed E-state index contributed by atoms with van der Waals surface area (Å²) in [5.74, 6) is -1.29. The molecule has 0 saturated heterocycles. The Hall–Kier alpha value is -4.08. The van der Waals surface area contributed by atoms with Gasteiger partial charge < -0.3 is 34.7 Å². The molecule has 0 saturated carbocycles. The van der Waals surface area contributed by atoms with Gasteiger partial charge in [0.1, 0.15) is 0 Å². The van der Waals surface area contributed by atoms with Crippen LogP contribution in [0.2, 0.25) is 0 Å². The maximum Gasteiger partial charge on any atom is 0.336 e. The van der Waals surface area contributed by atoms with Crippen molar-refractivity contribution >= 4 is 55.6 Å². The van der Waals surface area contributed by atoms with E-state index in [0.29, 0.717) is 24.2 Å². The van der Waals surface area contributed by atoms with E-state index < -0.39 is 11.9 Å². The van der Waals surface area contributed by atoms with Crippen LogP contribution in [0, 0.1) is 0 Å². The van der Waals surface area contributed by atoms with Crippen molar-refractivity contribution in [1.29, 1.82) is 0 Å². The van der Waals surface area contributed by atoms with E-state index in [1.54, 1.807) is 25.3 Å². The molecule has 5 aromatic rings. The molecule has 9 heteroatoms. The minimum absolute atomic E-state index is 0.201. The Labute approximate surface area is 245 Å². The number of ether oxygens (including phenoxy) is 1. The largest absolute Gasteiger partial charge is 0.492 e. The molecule has 5 rings (SSSR count). The molecule has 0 amide bonds. The molecule has 0 aliphatic rings. The number of carbonyl (C=O) groups is 2. The fraction of sp³-hybridized carbons (Fsp3) is 0.394. The van der Waals surface area contributed by atoms with E-state index in [1.807, 2.05) is 12.1 Å². The van der Waals surface area contributed by atoms with Crippen molar-refractivity contribution in [3.63, 3.8) is 0 Å². The zero-order valence-electron chi connectivity index (χ0n) is 25.1. The second-order valence-electron chi connectivity index (χ2n) is 10.7. The maximum atomic E-state index is 13.0. The third-order valence-corrected chi connectivity index (χ3v) is 8.72. The number of H-pyrrole nitrogens is 2. The summed E-state index contributed by atoms with van der Waals surface area (Å²) in [6.45, 7) is 13.6. The summed E-state index contributed by atoms with van der Waals surface area (Å²) in [7, 11) is 1.62. The van der Waals surface area contributed by atoms with Gasteiger partial charge in [-0.05, 0) is 80.5 Å². The zero-order chi connectivity index (χ0) is 30.1. The number of carboxylic acid groups (broad SMARTS) is 2. The van der Waals surface area contributed by atoms with Crippen molar-refractivity contribution in [1.82, 2.24) is 19.8 Å². The standard InChI is InChI=1S/C33H40N4O5/c1-6-36(7-2)14-12-19-17-26-28(21(27(19)33(40)41)13-15-37(8-3)9-4)24-18-23-22-16-20(32(38)39)10-11-25(22)34-29(23)31(42-5)30(24)35-26/h10-11,16-18,34-35H,6-9,12-15H2,1-5H3,(H,38,39)(H,40,41). The smallest absolute Gasteiger partial charge is 0.336 e. The van der Waals surface area contributed by atoms with Crippen LogP contribution in [-0.2, 0) is 12.8 Å². The molecule has 3 aromatic carbocycles. The molecule has 2 heterocycles. The van der Waals surface area contributed by atoms with Gasteiger partial charge in [0, 0.05) is 45.7 Å². The summed E-state index contributed by atoms with van der Waals surface area (Å²) < 4.78 is 5.96. The van der Waals surface area contributed by atoms with Gasteiger partial charge in [0.2, 0.25) is 0 Å². The number of hydrogen-bond donors (Lipinski definition) is 4. The SMILES string of the molecule is CCN(CC)CCc1cc2[nH]c3c(OC)c4[nH]c5ccc(C(=O)O)cc5c4cc3c2c(CCN(CC)CC)c1C(=O)O. The van der Waals surface area contributed by atoms with E-state index in [4.69, 9.17) is 4.74 Å². The van der Waals surface area contributed by atoms with Gasteiger partial charge in [-0.3, -0.25) is 0 Å². The second kappa shape index (κ2) is 12.0. The number of aromatic amines is 2. The van der Waals surface area contributed by atoms with E-state index in [2.05, 4.69) is 47.5 Å². The second-order valence-corrected chi connectivity index (χ2v) is 10.7. The van der Waals surface area contributed by atoms with Crippen molar-refractivity contribution in [3.8, 4) is 5.75 Å². The quantitative estimate of drug-likeness (QED) is 0.134. The number of fused-ring (bicyclic) bond motifs is 6. The number of rotatable bonds is 13. The number of likely N-dealkylation sites (N-methyl/N-ethyl adjacent to an activating group) is 2. The first-order valence-corrected chi connectivity index (χ1v) is 14.8. The summed E-state index contributed by atoms with van der Waals surface area (Å²) in [6.07, 6.45) is 1.22. The normalized spacial score (nSPS) is 12.1. The molecule has 42 heavy (non-hydrogen) atoms. The van der Waals surface area contributed by atoms with Crippen LogP contribution in [-0.4, -0.2) is 88.3 Å². The third-order valence-electron chi connectivity index (χ3n) is 8.72. The first-order valence-electron chi connectivity index (χ1n) is 14.8. The number of methoxy groups -OCH3 is 1. The number of benzene rings is 3. The van der Waals surface area contributed by atoms with Crippen molar-refractivity contribution in [3.05, 3.63) is 52.6 Å². The van der Waals surface area contributed by atoms with Crippen molar-refractivity contribution in [2.24, 2.45) is 0 Å². The van der Waals surface area contributed by atoms with E-state index in [0.717, 1.165) is 94.0 Å². The highest BCUT2D eigenvalue weighted by Crippen LogP contribution is 2.43. The van der Waals surface area contributed by atoms with Gasteiger partial charge in [0.05, 0.1) is 29.3 Å².